The summed E-state index contributed by atoms with van der Waals surface area (Å²) in [6, 6.07) is 20.5. The van der Waals surface area contributed by atoms with E-state index in [9.17, 15) is 14.9 Å². The highest BCUT2D eigenvalue weighted by Gasteiger charge is 2.29. The van der Waals surface area contributed by atoms with E-state index in [0.29, 0.717) is 0 Å². The quantitative estimate of drug-likeness (QED) is 0.505. The van der Waals surface area contributed by atoms with Crippen LogP contribution in [0.25, 0.3) is 10.8 Å². The Hall–Kier alpha value is -3.45. The molecule has 1 aliphatic heterocycles. The molecule has 0 unspecified atom stereocenters. The molecule has 30 heavy (non-hydrogen) atoms. The van der Waals surface area contributed by atoms with E-state index in [2.05, 4.69) is 16.3 Å². The average Bonchev–Trinajstić information content (AvgIpc) is 2.78. The van der Waals surface area contributed by atoms with Crippen LogP contribution in [0.4, 0.5) is 17.1 Å². The first kappa shape index (κ1) is 19.8. The van der Waals surface area contributed by atoms with Crippen molar-refractivity contribution in [3.63, 3.8) is 0 Å². The van der Waals surface area contributed by atoms with E-state index < -0.39 is 0 Å². The number of fused-ring (bicyclic) bond motifs is 1. The van der Waals surface area contributed by atoms with E-state index in [-0.39, 0.29) is 22.6 Å². The number of quaternary nitrogens is 1. The summed E-state index contributed by atoms with van der Waals surface area (Å²) in [6.07, 6.45) is 0. The van der Waals surface area contributed by atoms with Gasteiger partial charge in [0.15, 0.2) is 6.04 Å². The van der Waals surface area contributed by atoms with Crippen molar-refractivity contribution in [3.05, 3.63) is 76.8 Å². The molecule has 2 N–H and O–H groups in total. The lowest BCUT2D eigenvalue weighted by molar-refractivity contribution is -0.914. The Morgan fingerprint density at radius 2 is 1.70 bits per heavy atom. The standard InChI is InChI=1S/C23H24N4O3/c1-17(23(28)24-20-7-6-18-4-2-3-5-19(18)16-20)25-12-14-26(15-13-25)21-8-10-22(11-9-21)27(29)30/h2-11,16-17H,12-15H2,1H3,(H,24,28)/p+1/t17-/m0/s1. The molecule has 1 fully saturated rings. The van der Waals surface area contributed by atoms with E-state index in [4.69, 9.17) is 0 Å². The van der Waals surface area contributed by atoms with Gasteiger partial charge in [0.25, 0.3) is 11.6 Å². The summed E-state index contributed by atoms with van der Waals surface area (Å²) in [5, 5.41) is 16.1. The largest absolute Gasteiger partial charge is 0.360 e. The highest BCUT2D eigenvalue weighted by Crippen LogP contribution is 2.20. The number of benzene rings is 3. The van der Waals surface area contributed by atoms with Crippen LogP contribution in [0.2, 0.25) is 0 Å². The van der Waals surface area contributed by atoms with Crippen LogP contribution in [0.5, 0.6) is 0 Å². The van der Waals surface area contributed by atoms with Gasteiger partial charge < -0.3 is 15.1 Å². The van der Waals surface area contributed by atoms with Crippen molar-refractivity contribution >= 4 is 33.7 Å². The van der Waals surface area contributed by atoms with Gasteiger partial charge in [0, 0.05) is 23.5 Å². The summed E-state index contributed by atoms with van der Waals surface area (Å²) >= 11 is 0. The molecule has 7 heteroatoms. The fourth-order valence-corrected chi connectivity index (χ4v) is 3.97. The molecule has 7 nitrogen and oxygen atoms in total. The number of hydrogen-bond donors (Lipinski definition) is 2. The van der Waals surface area contributed by atoms with Crippen molar-refractivity contribution in [1.29, 1.82) is 0 Å². The lowest BCUT2D eigenvalue weighted by Gasteiger charge is -2.36. The van der Waals surface area contributed by atoms with Crippen molar-refractivity contribution in [2.24, 2.45) is 0 Å². The Bertz CT molecular complexity index is 1060. The molecule has 0 aliphatic carbocycles. The summed E-state index contributed by atoms with van der Waals surface area (Å²) in [5.41, 5.74) is 1.89. The molecule has 154 valence electrons. The minimum absolute atomic E-state index is 0.0177. The predicted octanol–water partition coefficient (Wildman–Crippen LogP) is 2.48. The van der Waals surface area contributed by atoms with Gasteiger partial charge in [0.1, 0.15) is 0 Å². The summed E-state index contributed by atoms with van der Waals surface area (Å²) in [5.74, 6) is 0.0177. The molecule has 0 spiro atoms. The maximum atomic E-state index is 12.8. The molecular formula is C23H25N4O3+. The third-order valence-electron chi connectivity index (χ3n) is 5.85. The number of carbonyl (C=O) groups is 1. The van der Waals surface area contributed by atoms with Gasteiger partial charge >= 0.3 is 0 Å². The normalized spacial score (nSPS) is 15.7. The van der Waals surface area contributed by atoms with Gasteiger partial charge in [-0.05, 0) is 42.0 Å². The SMILES string of the molecule is C[C@@H](C(=O)Nc1ccc2ccccc2c1)[NH+]1CCN(c2ccc([N+](=O)[O-])cc2)CC1. The first-order valence-corrected chi connectivity index (χ1v) is 10.1. The number of carbonyl (C=O) groups excluding carboxylic acids is 1. The highest BCUT2D eigenvalue weighted by molar-refractivity contribution is 5.96. The number of hydrogen-bond acceptors (Lipinski definition) is 4. The van der Waals surface area contributed by atoms with Crippen LogP contribution in [0.1, 0.15) is 6.92 Å². The number of amides is 1. The van der Waals surface area contributed by atoms with Crippen LogP contribution in [-0.2, 0) is 4.79 Å². The number of nitro benzene ring substituents is 1. The molecular weight excluding hydrogens is 380 g/mol. The second kappa shape index (κ2) is 8.51. The van der Waals surface area contributed by atoms with Gasteiger partial charge in [-0.2, -0.15) is 0 Å². The Morgan fingerprint density at radius 1 is 1.03 bits per heavy atom. The average molecular weight is 405 g/mol. The van der Waals surface area contributed by atoms with Gasteiger partial charge in [0.05, 0.1) is 31.1 Å². The predicted molar refractivity (Wildman–Crippen MR) is 118 cm³/mol. The molecule has 3 aromatic rings. The van der Waals surface area contributed by atoms with Gasteiger partial charge in [-0.15, -0.1) is 0 Å². The molecule has 0 radical (unpaired) electrons. The lowest BCUT2D eigenvalue weighted by atomic mass is 10.1. The number of non-ortho nitro benzene ring substituents is 1. The molecule has 0 saturated carbocycles. The van der Waals surface area contributed by atoms with Crippen LogP contribution in [0.15, 0.2) is 66.7 Å². The minimum atomic E-state index is -0.387. The molecule has 3 aromatic carbocycles. The topological polar surface area (TPSA) is 79.9 Å². The number of nitro groups is 1. The third-order valence-corrected chi connectivity index (χ3v) is 5.85. The number of nitrogens with zero attached hydrogens (tertiary/aromatic N) is 2. The van der Waals surface area contributed by atoms with E-state index in [1.807, 2.05) is 43.3 Å². The highest BCUT2D eigenvalue weighted by atomic mass is 16.6. The number of rotatable bonds is 5. The number of anilines is 2. The molecule has 1 heterocycles. The van der Waals surface area contributed by atoms with Gasteiger partial charge in [-0.3, -0.25) is 14.9 Å². The fraction of sp³-hybridized carbons (Fsp3) is 0.261. The third kappa shape index (κ3) is 4.26. The molecule has 0 bridgehead atoms. The lowest BCUT2D eigenvalue weighted by Crippen LogP contribution is -3.19. The van der Waals surface area contributed by atoms with Crippen molar-refractivity contribution in [2.45, 2.75) is 13.0 Å². The van der Waals surface area contributed by atoms with E-state index >= 15 is 0 Å². The molecule has 0 aromatic heterocycles. The van der Waals surface area contributed by atoms with Crippen molar-refractivity contribution in [3.8, 4) is 0 Å². The van der Waals surface area contributed by atoms with Crippen LogP contribution >= 0.6 is 0 Å². The van der Waals surface area contributed by atoms with E-state index in [1.165, 1.54) is 17.0 Å². The van der Waals surface area contributed by atoms with Gasteiger partial charge in [0.2, 0.25) is 0 Å². The summed E-state index contributed by atoms with van der Waals surface area (Å²) in [6.45, 7) is 5.25. The molecule has 4 rings (SSSR count). The fourth-order valence-electron chi connectivity index (χ4n) is 3.97. The van der Waals surface area contributed by atoms with Gasteiger partial charge in [-0.1, -0.05) is 30.3 Å². The van der Waals surface area contributed by atoms with Crippen molar-refractivity contribution in [2.75, 3.05) is 36.4 Å². The van der Waals surface area contributed by atoms with Crippen LogP contribution in [-0.4, -0.2) is 43.1 Å². The molecule has 1 amide bonds. The monoisotopic (exact) mass is 405 g/mol. The van der Waals surface area contributed by atoms with Crippen molar-refractivity contribution < 1.29 is 14.6 Å². The number of piperazine rings is 1. The Labute approximate surface area is 175 Å². The smallest absolute Gasteiger partial charge is 0.282 e. The Balaban J connectivity index is 1.34. The second-order valence-corrected chi connectivity index (χ2v) is 7.69. The van der Waals surface area contributed by atoms with Crippen LogP contribution in [0.3, 0.4) is 0 Å². The summed E-state index contributed by atoms with van der Waals surface area (Å²) < 4.78 is 0. The second-order valence-electron chi connectivity index (χ2n) is 7.69. The zero-order valence-corrected chi connectivity index (χ0v) is 16.9. The first-order chi connectivity index (χ1) is 14.5. The summed E-state index contributed by atoms with van der Waals surface area (Å²) in [4.78, 5) is 26.7. The molecule has 1 saturated heterocycles. The maximum Gasteiger partial charge on any atom is 0.282 e. The van der Waals surface area contributed by atoms with E-state index in [0.717, 1.165) is 48.3 Å². The van der Waals surface area contributed by atoms with Crippen LogP contribution < -0.4 is 15.1 Å². The van der Waals surface area contributed by atoms with E-state index in [1.54, 1.807) is 12.1 Å². The Morgan fingerprint density at radius 3 is 2.37 bits per heavy atom. The maximum absolute atomic E-state index is 12.8. The zero-order chi connectivity index (χ0) is 21.1. The molecule has 1 atom stereocenters. The first-order valence-electron chi connectivity index (χ1n) is 10.1. The van der Waals surface area contributed by atoms with Gasteiger partial charge in [-0.25, -0.2) is 0 Å². The minimum Gasteiger partial charge on any atom is -0.360 e. The number of nitrogens with one attached hydrogen (secondary N) is 2. The van der Waals surface area contributed by atoms with Crippen LogP contribution in [0, 0.1) is 10.1 Å². The Kier molecular flexibility index (Phi) is 5.63. The summed E-state index contributed by atoms with van der Waals surface area (Å²) in [7, 11) is 0. The van der Waals surface area contributed by atoms with Crippen molar-refractivity contribution in [1.82, 2.24) is 0 Å². The zero-order valence-electron chi connectivity index (χ0n) is 16.9. The molecule has 1 aliphatic rings.